The fraction of sp³-hybridized carbons (Fsp3) is 0.333. The lowest BCUT2D eigenvalue weighted by Crippen LogP contribution is -2.42. The minimum absolute atomic E-state index is 0.00894. The van der Waals surface area contributed by atoms with Crippen molar-refractivity contribution in [2.45, 2.75) is 31.7 Å². The quantitative estimate of drug-likeness (QED) is 0.643. The van der Waals surface area contributed by atoms with Crippen LogP contribution in [0.3, 0.4) is 0 Å². The molecule has 1 atom stereocenters. The third kappa shape index (κ3) is 4.74. The van der Waals surface area contributed by atoms with Crippen LogP contribution in [-0.4, -0.2) is 38.4 Å². The van der Waals surface area contributed by atoms with E-state index in [4.69, 9.17) is 16.0 Å². The van der Waals surface area contributed by atoms with Crippen LogP contribution in [0.4, 0.5) is 0 Å². The normalized spacial score (nSPS) is 16.7. The molecule has 0 spiro atoms. The highest BCUT2D eigenvalue weighted by Crippen LogP contribution is 2.27. The monoisotopic (exact) mass is 412 g/mol. The van der Waals surface area contributed by atoms with Gasteiger partial charge in [0.2, 0.25) is 5.91 Å². The molecular formula is C21H21ClN4O3. The summed E-state index contributed by atoms with van der Waals surface area (Å²) >= 11 is 6.04. The van der Waals surface area contributed by atoms with Gasteiger partial charge in [-0.25, -0.2) is 14.8 Å². The molecule has 1 fully saturated rings. The Hall–Kier alpha value is -2.93. The van der Waals surface area contributed by atoms with Crippen molar-refractivity contribution < 1.29 is 9.21 Å². The van der Waals surface area contributed by atoms with E-state index in [0.29, 0.717) is 30.4 Å². The molecule has 1 saturated heterocycles. The number of aromatic nitrogens is 3. The molecule has 3 heterocycles. The van der Waals surface area contributed by atoms with Crippen molar-refractivity contribution in [2.24, 2.45) is 0 Å². The average molecular weight is 413 g/mol. The molecule has 1 unspecified atom stereocenters. The molecule has 29 heavy (non-hydrogen) atoms. The van der Waals surface area contributed by atoms with E-state index in [9.17, 15) is 9.59 Å². The summed E-state index contributed by atoms with van der Waals surface area (Å²) in [5.74, 6) is 1.37. The van der Waals surface area contributed by atoms with Crippen LogP contribution in [-0.2, 0) is 17.8 Å². The number of carbonyl (C=O) groups is 1. The van der Waals surface area contributed by atoms with Crippen LogP contribution in [0.5, 0.6) is 0 Å². The Morgan fingerprint density at radius 2 is 2.17 bits per heavy atom. The third-order valence-corrected chi connectivity index (χ3v) is 5.29. The fourth-order valence-electron chi connectivity index (χ4n) is 3.60. The van der Waals surface area contributed by atoms with E-state index in [-0.39, 0.29) is 18.4 Å². The van der Waals surface area contributed by atoms with Crippen LogP contribution in [0.2, 0.25) is 5.02 Å². The lowest BCUT2D eigenvalue weighted by Gasteiger charge is -2.31. The molecule has 0 saturated carbocycles. The molecule has 1 amide bonds. The summed E-state index contributed by atoms with van der Waals surface area (Å²) in [7, 11) is 0. The number of hydrogen-bond donors (Lipinski definition) is 0. The first-order valence-electron chi connectivity index (χ1n) is 9.57. The smallest absolute Gasteiger partial charge is 0.347 e. The van der Waals surface area contributed by atoms with Crippen molar-refractivity contribution in [1.29, 1.82) is 0 Å². The SMILES string of the molecule is O=C(Cn1cccnc1=O)N1CCCC(c2ncc(Cc3cccc(Cl)c3)o2)C1. The van der Waals surface area contributed by atoms with Crippen molar-refractivity contribution in [1.82, 2.24) is 19.4 Å². The Bertz CT molecular complexity index is 1060. The van der Waals surface area contributed by atoms with Gasteiger partial charge < -0.3 is 9.32 Å². The van der Waals surface area contributed by atoms with E-state index in [1.165, 1.54) is 10.8 Å². The first-order chi connectivity index (χ1) is 14.1. The second-order valence-electron chi connectivity index (χ2n) is 7.18. The number of likely N-dealkylation sites (tertiary alicyclic amines) is 1. The van der Waals surface area contributed by atoms with Gasteiger partial charge in [0.25, 0.3) is 0 Å². The van der Waals surface area contributed by atoms with Crippen LogP contribution in [0.25, 0.3) is 0 Å². The molecule has 0 aliphatic carbocycles. The number of hydrogen-bond acceptors (Lipinski definition) is 5. The number of amides is 1. The maximum Gasteiger partial charge on any atom is 0.347 e. The van der Waals surface area contributed by atoms with Crippen LogP contribution in [0, 0.1) is 0 Å². The molecule has 7 nitrogen and oxygen atoms in total. The Labute approximate surface area is 173 Å². The Balaban J connectivity index is 1.41. The van der Waals surface area contributed by atoms with Crippen LogP contribution < -0.4 is 5.69 Å². The van der Waals surface area contributed by atoms with Crippen molar-refractivity contribution in [3.63, 3.8) is 0 Å². The molecule has 0 N–H and O–H groups in total. The fourth-order valence-corrected chi connectivity index (χ4v) is 3.81. The molecule has 1 aliphatic rings. The first kappa shape index (κ1) is 19.4. The van der Waals surface area contributed by atoms with Crippen LogP contribution >= 0.6 is 11.6 Å². The number of carbonyl (C=O) groups excluding carboxylic acids is 1. The highest BCUT2D eigenvalue weighted by Gasteiger charge is 2.28. The Morgan fingerprint density at radius 1 is 1.28 bits per heavy atom. The zero-order valence-electron chi connectivity index (χ0n) is 15.8. The predicted octanol–water partition coefficient (Wildman–Crippen LogP) is 2.88. The second-order valence-corrected chi connectivity index (χ2v) is 7.62. The molecule has 4 rings (SSSR count). The van der Waals surface area contributed by atoms with Gasteiger partial charge in [-0.15, -0.1) is 0 Å². The maximum absolute atomic E-state index is 12.6. The zero-order valence-corrected chi connectivity index (χ0v) is 16.6. The first-order valence-corrected chi connectivity index (χ1v) is 9.94. The molecule has 2 aromatic heterocycles. The second kappa shape index (κ2) is 8.61. The predicted molar refractivity (Wildman–Crippen MR) is 108 cm³/mol. The Morgan fingerprint density at radius 3 is 3.00 bits per heavy atom. The van der Waals surface area contributed by atoms with Gasteiger partial charge in [-0.3, -0.25) is 9.36 Å². The number of piperidine rings is 1. The number of halogens is 1. The van der Waals surface area contributed by atoms with Crippen LogP contribution in [0.1, 0.15) is 36.0 Å². The summed E-state index contributed by atoms with van der Waals surface area (Å²) in [5.41, 5.74) is 0.635. The van der Waals surface area contributed by atoms with E-state index >= 15 is 0 Å². The lowest BCUT2D eigenvalue weighted by molar-refractivity contribution is -0.133. The summed E-state index contributed by atoms with van der Waals surface area (Å²) < 4.78 is 7.29. The summed E-state index contributed by atoms with van der Waals surface area (Å²) in [6.07, 6.45) is 7.13. The van der Waals surface area contributed by atoms with Gasteiger partial charge in [-0.05, 0) is 36.6 Å². The lowest BCUT2D eigenvalue weighted by atomic mass is 9.98. The number of oxazole rings is 1. The average Bonchev–Trinajstić information content (AvgIpc) is 3.18. The summed E-state index contributed by atoms with van der Waals surface area (Å²) in [6.45, 7) is 1.19. The molecular weight excluding hydrogens is 392 g/mol. The van der Waals surface area contributed by atoms with Gasteiger partial charge in [-0.1, -0.05) is 23.7 Å². The minimum atomic E-state index is -0.423. The third-order valence-electron chi connectivity index (χ3n) is 5.05. The van der Waals surface area contributed by atoms with Gasteiger partial charge in [0.15, 0.2) is 5.89 Å². The maximum atomic E-state index is 12.6. The summed E-state index contributed by atoms with van der Waals surface area (Å²) in [6, 6.07) is 9.29. The molecule has 0 bridgehead atoms. The van der Waals surface area contributed by atoms with Crippen molar-refractivity contribution in [3.8, 4) is 0 Å². The van der Waals surface area contributed by atoms with E-state index in [1.807, 2.05) is 24.3 Å². The van der Waals surface area contributed by atoms with Crippen molar-refractivity contribution >= 4 is 17.5 Å². The van der Waals surface area contributed by atoms with Gasteiger partial charge in [0, 0.05) is 36.9 Å². The number of benzene rings is 1. The number of nitrogens with zero attached hydrogens (tertiary/aromatic N) is 4. The molecule has 1 aromatic carbocycles. The molecule has 0 radical (unpaired) electrons. The highest BCUT2D eigenvalue weighted by molar-refractivity contribution is 6.30. The minimum Gasteiger partial charge on any atom is -0.445 e. The Kier molecular flexibility index (Phi) is 5.76. The van der Waals surface area contributed by atoms with Crippen molar-refractivity contribution in [3.05, 3.63) is 81.6 Å². The van der Waals surface area contributed by atoms with Gasteiger partial charge in [0.1, 0.15) is 12.3 Å². The van der Waals surface area contributed by atoms with Crippen LogP contribution in [0.15, 0.2) is 58.1 Å². The summed E-state index contributed by atoms with van der Waals surface area (Å²) in [5, 5.41) is 0.691. The van der Waals surface area contributed by atoms with E-state index < -0.39 is 5.69 Å². The van der Waals surface area contributed by atoms with E-state index in [1.54, 1.807) is 23.4 Å². The van der Waals surface area contributed by atoms with E-state index in [2.05, 4.69) is 9.97 Å². The van der Waals surface area contributed by atoms with Gasteiger partial charge in [-0.2, -0.15) is 0 Å². The van der Waals surface area contributed by atoms with E-state index in [0.717, 1.165) is 24.2 Å². The highest BCUT2D eigenvalue weighted by atomic mass is 35.5. The molecule has 150 valence electrons. The summed E-state index contributed by atoms with van der Waals surface area (Å²) in [4.78, 5) is 34.3. The molecule has 3 aromatic rings. The topological polar surface area (TPSA) is 81.2 Å². The molecule has 8 heteroatoms. The molecule has 1 aliphatic heterocycles. The standard InChI is InChI=1S/C21H21ClN4O3/c22-17-6-1-4-15(10-17)11-18-12-24-20(29-18)16-5-2-8-25(13-16)19(27)14-26-9-3-7-23-21(26)28/h1,3-4,6-7,9-10,12,16H,2,5,8,11,13-14H2. The zero-order chi connectivity index (χ0) is 20.2. The largest absolute Gasteiger partial charge is 0.445 e. The van der Waals surface area contributed by atoms with Crippen molar-refractivity contribution in [2.75, 3.05) is 13.1 Å². The van der Waals surface area contributed by atoms with Gasteiger partial charge >= 0.3 is 5.69 Å². The number of rotatable bonds is 5. The van der Waals surface area contributed by atoms with Gasteiger partial charge in [0.05, 0.1) is 12.1 Å².